The summed E-state index contributed by atoms with van der Waals surface area (Å²) in [4.78, 5) is 31.6. The lowest BCUT2D eigenvalue weighted by Crippen LogP contribution is -2.43. The normalized spacial score (nSPS) is 16.5. The molecule has 1 saturated heterocycles. The number of ether oxygens (including phenoxy) is 1. The Hall–Kier alpha value is -2.78. The Kier molecular flexibility index (Phi) is 6.33. The molecule has 0 spiro atoms. The van der Waals surface area contributed by atoms with Gasteiger partial charge in [0.1, 0.15) is 5.75 Å². The number of likely N-dealkylation sites (tertiary alicyclic amines) is 1. The van der Waals surface area contributed by atoms with Crippen molar-refractivity contribution in [1.82, 2.24) is 9.88 Å². The van der Waals surface area contributed by atoms with Crippen LogP contribution in [0, 0.1) is 5.92 Å². The maximum Gasteiger partial charge on any atom is 0.387 e. The van der Waals surface area contributed by atoms with Gasteiger partial charge in [-0.3, -0.25) is 9.59 Å². The number of nitrogens with one attached hydrogen (secondary N) is 1. The van der Waals surface area contributed by atoms with E-state index in [1.165, 1.54) is 34.4 Å². The Morgan fingerprint density at radius 3 is 2.87 bits per heavy atom. The van der Waals surface area contributed by atoms with Gasteiger partial charge in [0.05, 0.1) is 21.7 Å². The van der Waals surface area contributed by atoms with Gasteiger partial charge in [-0.25, -0.2) is 4.98 Å². The van der Waals surface area contributed by atoms with E-state index in [2.05, 4.69) is 15.0 Å². The standard InChI is InChI=1S/C21H18ClF2N3O3S/c22-13-7-8-15-17(10-13)31-21(25-15)26-18(28)12-4-3-9-27(11-12)19(29)14-5-1-2-6-16(14)30-20(23)24/h1-2,5-8,10,12,20H,3-4,9,11H2,(H,25,26,28)/t12-/m1/s1. The van der Waals surface area contributed by atoms with Crippen molar-refractivity contribution in [3.63, 3.8) is 0 Å². The first-order valence-electron chi connectivity index (χ1n) is 9.61. The molecule has 0 radical (unpaired) electrons. The van der Waals surface area contributed by atoms with Crippen molar-refractivity contribution in [2.24, 2.45) is 5.92 Å². The smallest absolute Gasteiger partial charge is 0.387 e. The second kappa shape index (κ2) is 9.15. The number of halogens is 3. The molecule has 1 aliphatic rings. The third-order valence-electron chi connectivity index (χ3n) is 4.99. The van der Waals surface area contributed by atoms with E-state index in [4.69, 9.17) is 11.6 Å². The summed E-state index contributed by atoms with van der Waals surface area (Å²) in [6.45, 7) is -2.41. The van der Waals surface area contributed by atoms with Crippen molar-refractivity contribution < 1.29 is 23.1 Å². The number of amides is 2. The number of anilines is 1. The van der Waals surface area contributed by atoms with Gasteiger partial charge in [0.15, 0.2) is 5.13 Å². The average molecular weight is 466 g/mol. The summed E-state index contributed by atoms with van der Waals surface area (Å²) in [7, 11) is 0. The van der Waals surface area contributed by atoms with Crippen LogP contribution in [0.25, 0.3) is 10.2 Å². The molecule has 1 N–H and O–H groups in total. The lowest BCUT2D eigenvalue weighted by Gasteiger charge is -2.32. The minimum atomic E-state index is -3.03. The van der Waals surface area contributed by atoms with Crippen molar-refractivity contribution >= 4 is 50.1 Å². The van der Waals surface area contributed by atoms with Crippen LogP contribution in [0.2, 0.25) is 5.02 Å². The summed E-state index contributed by atoms with van der Waals surface area (Å²) in [5, 5.41) is 3.87. The highest BCUT2D eigenvalue weighted by Gasteiger charge is 2.30. The van der Waals surface area contributed by atoms with Crippen LogP contribution in [-0.4, -0.2) is 41.4 Å². The van der Waals surface area contributed by atoms with E-state index in [-0.39, 0.29) is 23.8 Å². The van der Waals surface area contributed by atoms with E-state index in [0.29, 0.717) is 29.5 Å². The van der Waals surface area contributed by atoms with E-state index in [1.807, 2.05) is 0 Å². The third kappa shape index (κ3) is 4.94. The lowest BCUT2D eigenvalue weighted by atomic mass is 9.96. The fourth-order valence-electron chi connectivity index (χ4n) is 3.55. The van der Waals surface area contributed by atoms with Gasteiger partial charge in [0, 0.05) is 18.1 Å². The molecule has 1 atom stereocenters. The van der Waals surface area contributed by atoms with Gasteiger partial charge in [-0.1, -0.05) is 35.1 Å². The van der Waals surface area contributed by atoms with E-state index >= 15 is 0 Å². The van der Waals surface area contributed by atoms with Crippen LogP contribution in [0.15, 0.2) is 42.5 Å². The molecule has 31 heavy (non-hydrogen) atoms. The summed E-state index contributed by atoms with van der Waals surface area (Å²) in [5.74, 6) is -1.29. The summed E-state index contributed by atoms with van der Waals surface area (Å²) >= 11 is 7.31. The molecule has 2 aromatic carbocycles. The van der Waals surface area contributed by atoms with Crippen LogP contribution >= 0.6 is 22.9 Å². The Balaban J connectivity index is 1.45. The molecule has 0 bridgehead atoms. The van der Waals surface area contributed by atoms with E-state index in [9.17, 15) is 18.4 Å². The van der Waals surface area contributed by atoms with Gasteiger partial charge in [0.2, 0.25) is 5.91 Å². The largest absolute Gasteiger partial charge is 0.434 e. The molecule has 10 heteroatoms. The number of alkyl halides is 2. The number of fused-ring (bicyclic) bond motifs is 1. The number of carbonyl (C=O) groups is 2. The maximum atomic E-state index is 12.9. The quantitative estimate of drug-likeness (QED) is 0.573. The monoisotopic (exact) mass is 465 g/mol. The summed E-state index contributed by atoms with van der Waals surface area (Å²) in [6, 6.07) is 11.2. The minimum absolute atomic E-state index is 0.0481. The first-order valence-corrected chi connectivity index (χ1v) is 10.8. The fourth-order valence-corrected chi connectivity index (χ4v) is 4.69. The first-order chi connectivity index (χ1) is 14.9. The number of thiazole rings is 1. The molecular formula is C21H18ClF2N3O3S. The van der Waals surface area contributed by atoms with Crippen LogP contribution in [0.5, 0.6) is 5.75 Å². The number of hydrogen-bond acceptors (Lipinski definition) is 5. The molecule has 0 aliphatic carbocycles. The molecule has 3 aromatic rings. The Morgan fingerprint density at radius 2 is 2.06 bits per heavy atom. The van der Waals surface area contributed by atoms with Gasteiger partial charge < -0.3 is 15.0 Å². The van der Waals surface area contributed by atoms with Crippen molar-refractivity contribution in [2.45, 2.75) is 19.5 Å². The molecule has 6 nitrogen and oxygen atoms in total. The van der Waals surface area contributed by atoms with Gasteiger partial charge >= 0.3 is 6.61 Å². The minimum Gasteiger partial charge on any atom is -0.434 e. The van der Waals surface area contributed by atoms with Crippen LogP contribution in [0.1, 0.15) is 23.2 Å². The van der Waals surface area contributed by atoms with Gasteiger partial charge in [-0.15, -0.1) is 0 Å². The molecule has 4 rings (SSSR count). The Labute approximate surface area is 185 Å². The predicted octanol–water partition coefficient (Wildman–Crippen LogP) is 5.04. The van der Waals surface area contributed by atoms with Crippen molar-refractivity contribution in [2.75, 3.05) is 18.4 Å². The number of rotatable bonds is 5. The lowest BCUT2D eigenvalue weighted by molar-refractivity contribution is -0.121. The number of nitrogens with zero attached hydrogens (tertiary/aromatic N) is 2. The van der Waals surface area contributed by atoms with E-state index in [0.717, 1.165) is 10.2 Å². The number of benzene rings is 2. The van der Waals surface area contributed by atoms with Crippen molar-refractivity contribution in [3.05, 3.63) is 53.1 Å². The number of carbonyl (C=O) groups excluding carboxylic acids is 2. The number of para-hydroxylation sites is 1. The number of aromatic nitrogens is 1. The zero-order valence-electron chi connectivity index (χ0n) is 16.2. The molecule has 0 unspecified atom stereocenters. The van der Waals surface area contributed by atoms with Crippen molar-refractivity contribution in [3.8, 4) is 5.75 Å². The van der Waals surface area contributed by atoms with Gasteiger partial charge in [0.25, 0.3) is 5.91 Å². The second-order valence-corrected chi connectivity index (χ2v) is 8.55. The maximum absolute atomic E-state index is 12.9. The molecule has 1 aliphatic heterocycles. The Morgan fingerprint density at radius 1 is 1.26 bits per heavy atom. The molecule has 2 heterocycles. The average Bonchev–Trinajstić information content (AvgIpc) is 3.14. The van der Waals surface area contributed by atoms with Crippen LogP contribution in [0.3, 0.4) is 0 Å². The zero-order valence-corrected chi connectivity index (χ0v) is 17.8. The fraction of sp³-hybridized carbons (Fsp3) is 0.286. The van der Waals surface area contributed by atoms with Crippen LogP contribution < -0.4 is 10.1 Å². The zero-order chi connectivity index (χ0) is 22.0. The van der Waals surface area contributed by atoms with Crippen LogP contribution in [0.4, 0.5) is 13.9 Å². The Bertz CT molecular complexity index is 1120. The SMILES string of the molecule is O=C(Nc1nc2ccc(Cl)cc2s1)[C@@H]1CCCN(C(=O)c2ccccc2OC(F)F)C1. The van der Waals surface area contributed by atoms with E-state index in [1.54, 1.807) is 24.3 Å². The molecule has 162 valence electrons. The molecule has 2 amide bonds. The number of hydrogen-bond donors (Lipinski definition) is 1. The highest BCUT2D eigenvalue weighted by molar-refractivity contribution is 7.22. The first kappa shape index (κ1) is 21.5. The van der Waals surface area contributed by atoms with Crippen molar-refractivity contribution in [1.29, 1.82) is 0 Å². The highest BCUT2D eigenvalue weighted by atomic mass is 35.5. The topological polar surface area (TPSA) is 71.5 Å². The van der Waals surface area contributed by atoms with Crippen LogP contribution in [-0.2, 0) is 4.79 Å². The number of piperidine rings is 1. The molecular weight excluding hydrogens is 448 g/mol. The summed E-state index contributed by atoms with van der Waals surface area (Å²) in [6.07, 6.45) is 1.23. The summed E-state index contributed by atoms with van der Waals surface area (Å²) < 4.78 is 30.7. The highest BCUT2D eigenvalue weighted by Crippen LogP contribution is 2.30. The molecule has 1 fully saturated rings. The predicted molar refractivity (Wildman–Crippen MR) is 115 cm³/mol. The van der Waals surface area contributed by atoms with Gasteiger partial charge in [-0.2, -0.15) is 8.78 Å². The third-order valence-corrected chi connectivity index (χ3v) is 6.16. The molecule has 0 saturated carbocycles. The molecule has 1 aromatic heterocycles. The second-order valence-electron chi connectivity index (χ2n) is 7.09. The van der Waals surface area contributed by atoms with E-state index < -0.39 is 18.4 Å². The summed E-state index contributed by atoms with van der Waals surface area (Å²) in [5.41, 5.74) is 0.785. The van der Waals surface area contributed by atoms with Gasteiger partial charge in [-0.05, 0) is 43.2 Å².